The molecule has 0 aliphatic carbocycles. The van der Waals surface area contributed by atoms with E-state index in [9.17, 15) is 25.5 Å². The molecule has 164 valence electrons. The number of hydrogen-bond donors (Lipinski definition) is 5. The molecule has 0 aromatic heterocycles. The van der Waals surface area contributed by atoms with E-state index >= 15 is 0 Å². The molecule has 0 atom stereocenters. The minimum atomic E-state index is -0.198. The Kier molecular flexibility index (Phi) is 4.94. The van der Waals surface area contributed by atoms with E-state index in [1.54, 1.807) is 48.5 Å². The summed E-state index contributed by atoms with van der Waals surface area (Å²) in [4.78, 5) is 0. The summed E-state index contributed by atoms with van der Waals surface area (Å²) in [6, 6.07) is 22.7. The van der Waals surface area contributed by atoms with Gasteiger partial charge in [-0.3, -0.25) is 0 Å². The van der Waals surface area contributed by atoms with E-state index in [1.807, 2.05) is 30.3 Å². The SMILES string of the molecule is Oc1ccc(Cc2cc3cc4cc(Cc5ccc(O)cc5)c(O)c(O)c4cc3cc2O)cc1. The Hall–Kier alpha value is -4.38. The molecule has 0 unspecified atom stereocenters. The molecule has 0 spiro atoms. The second kappa shape index (κ2) is 7.95. The summed E-state index contributed by atoms with van der Waals surface area (Å²) >= 11 is 0. The van der Waals surface area contributed by atoms with E-state index in [0.29, 0.717) is 23.8 Å². The quantitative estimate of drug-likeness (QED) is 0.183. The molecule has 0 heterocycles. The summed E-state index contributed by atoms with van der Waals surface area (Å²) in [5.41, 5.74) is 3.18. The van der Waals surface area contributed by atoms with Gasteiger partial charge >= 0.3 is 0 Å². The van der Waals surface area contributed by atoms with Gasteiger partial charge in [0.2, 0.25) is 0 Å². The van der Waals surface area contributed by atoms with Crippen molar-refractivity contribution in [3.8, 4) is 28.7 Å². The van der Waals surface area contributed by atoms with E-state index in [0.717, 1.165) is 32.8 Å². The highest BCUT2D eigenvalue weighted by Gasteiger charge is 2.15. The minimum absolute atomic E-state index is 0.141. The lowest BCUT2D eigenvalue weighted by Crippen LogP contribution is -1.92. The fourth-order valence-corrected chi connectivity index (χ4v) is 4.21. The number of hydrogen-bond acceptors (Lipinski definition) is 5. The highest BCUT2D eigenvalue weighted by molar-refractivity contribution is 6.03. The van der Waals surface area contributed by atoms with Crippen LogP contribution >= 0.6 is 0 Å². The van der Waals surface area contributed by atoms with Gasteiger partial charge in [-0.05, 0) is 87.4 Å². The molecular weight excluding hydrogens is 416 g/mol. The van der Waals surface area contributed by atoms with Gasteiger partial charge in [-0.2, -0.15) is 0 Å². The zero-order valence-electron chi connectivity index (χ0n) is 17.7. The molecule has 0 bridgehead atoms. The van der Waals surface area contributed by atoms with Crippen molar-refractivity contribution in [2.24, 2.45) is 0 Å². The van der Waals surface area contributed by atoms with Crippen LogP contribution < -0.4 is 0 Å². The maximum atomic E-state index is 10.7. The average Bonchev–Trinajstić information content (AvgIpc) is 2.80. The van der Waals surface area contributed by atoms with Crippen LogP contribution in [0.15, 0.2) is 78.9 Å². The van der Waals surface area contributed by atoms with Gasteiger partial charge < -0.3 is 25.5 Å². The van der Waals surface area contributed by atoms with Crippen LogP contribution in [0.5, 0.6) is 28.7 Å². The van der Waals surface area contributed by atoms with Crippen molar-refractivity contribution in [3.05, 3.63) is 101 Å². The molecule has 5 nitrogen and oxygen atoms in total. The first kappa shape index (κ1) is 20.5. The first-order chi connectivity index (χ1) is 15.9. The van der Waals surface area contributed by atoms with Gasteiger partial charge in [-0.15, -0.1) is 0 Å². The first-order valence-electron chi connectivity index (χ1n) is 10.6. The Morgan fingerprint density at radius 3 is 1.58 bits per heavy atom. The van der Waals surface area contributed by atoms with Gasteiger partial charge in [-0.1, -0.05) is 24.3 Å². The molecule has 5 aromatic carbocycles. The minimum Gasteiger partial charge on any atom is -0.508 e. The zero-order valence-corrected chi connectivity index (χ0v) is 17.7. The van der Waals surface area contributed by atoms with Crippen molar-refractivity contribution in [1.29, 1.82) is 0 Å². The van der Waals surface area contributed by atoms with Crippen molar-refractivity contribution in [1.82, 2.24) is 0 Å². The van der Waals surface area contributed by atoms with Crippen LogP contribution in [0, 0.1) is 0 Å². The molecule has 5 rings (SSSR count). The topological polar surface area (TPSA) is 101 Å². The maximum Gasteiger partial charge on any atom is 0.165 e. The summed E-state index contributed by atoms with van der Waals surface area (Å²) < 4.78 is 0. The number of rotatable bonds is 4. The Balaban J connectivity index is 1.58. The highest BCUT2D eigenvalue weighted by atomic mass is 16.3. The predicted molar refractivity (Wildman–Crippen MR) is 128 cm³/mol. The van der Waals surface area contributed by atoms with Crippen molar-refractivity contribution >= 4 is 21.5 Å². The molecular formula is C28H22O5. The number of phenolic OH excluding ortho intramolecular Hbond substituents is 5. The second-order valence-electron chi connectivity index (χ2n) is 8.32. The number of benzene rings is 5. The third-order valence-corrected chi connectivity index (χ3v) is 5.98. The molecule has 0 saturated carbocycles. The zero-order chi connectivity index (χ0) is 23.1. The number of aromatic hydroxyl groups is 5. The molecule has 5 aromatic rings. The maximum absolute atomic E-state index is 10.7. The molecule has 33 heavy (non-hydrogen) atoms. The number of fused-ring (bicyclic) bond motifs is 2. The summed E-state index contributed by atoms with van der Waals surface area (Å²) in [7, 11) is 0. The van der Waals surface area contributed by atoms with Crippen molar-refractivity contribution in [2.45, 2.75) is 12.8 Å². The molecule has 0 radical (unpaired) electrons. The van der Waals surface area contributed by atoms with Gasteiger partial charge in [0.1, 0.15) is 17.2 Å². The van der Waals surface area contributed by atoms with Crippen molar-refractivity contribution in [3.63, 3.8) is 0 Å². The average molecular weight is 438 g/mol. The van der Waals surface area contributed by atoms with E-state index in [2.05, 4.69) is 0 Å². The van der Waals surface area contributed by atoms with Gasteiger partial charge in [0.05, 0.1) is 0 Å². The molecule has 0 saturated heterocycles. The second-order valence-corrected chi connectivity index (χ2v) is 8.32. The lowest BCUT2D eigenvalue weighted by molar-refractivity contribution is 0.404. The van der Waals surface area contributed by atoms with Gasteiger partial charge in [0.15, 0.2) is 11.5 Å². The Bertz CT molecular complexity index is 1490. The summed E-state index contributed by atoms with van der Waals surface area (Å²) in [6.45, 7) is 0. The molecule has 0 aliphatic rings. The monoisotopic (exact) mass is 438 g/mol. The Morgan fingerprint density at radius 2 is 0.970 bits per heavy atom. The third-order valence-electron chi connectivity index (χ3n) is 5.98. The molecule has 0 fully saturated rings. The van der Waals surface area contributed by atoms with Crippen LogP contribution in [0.4, 0.5) is 0 Å². The fraction of sp³-hybridized carbons (Fsp3) is 0.0714. The molecule has 0 aliphatic heterocycles. The summed E-state index contributed by atoms with van der Waals surface area (Å²) in [5.74, 6) is 0.128. The van der Waals surface area contributed by atoms with E-state index < -0.39 is 0 Å². The van der Waals surface area contributed by atoms with Crippen LogP contribution in [-0.2, 0) is 12.8 Å². The van der Waals surface area contributed by atoms with E-state index in [4.69, 9.17) is 0 Å². The molecule has 0 amide bonds. The predicted octanol–water partition coefficient (Wildman–Crippen LogP) is 5.70. The number of phenols is 5. The first-order valence-corrected chi connectivity index (χ1v) is 10.6. The standard InChI is InChI=1S/C28H22O5/c29-23-5-1-16(2-6-23)9-21-12-18-11-20-13-22(10-17-3-7-24(30)8-4-17)27(32)28(33)25(20)14-19(18)15-26(21)31/h1-8,11-15,29-33H,9-10H2. The van der Waals surface area contributed by atoms with Crippen LogP contribution in [0.1, 0.15) is 22.3 Å². The largest absolute Gasteiger partial charge is 0.508 e. The van der Waals surface area contributed by atoms with Gasteiger partial charge in [0, 0.05) is 23.8 Å². The summed E-state index contributed by atoms with van der Waals surface area (Å²) in [5, 5.41) is 53.8. The Labute approximate surface area is 190 Å². The van der Waals surface area contributed by atoms with E-state index in [-0.39, 0.29) is 28.7 Å². The van der Waals surface area contributed by atoms with Crippen molar-refractivity contribution in [2.75, 3.05) is 0 Å². The lowest BCUT2D eigenvalue weighted by Gasteiger charge is -2.13. The summed E-state index contributed by atoms with van der Waals surface area (Å²) in [6.07, 6.45) is 0.905. The Morgan fingerprint density at radius 1 is 0.455 bits per heavy atom. The highest BCUT2D eigenvalue weighted by Crippen LogP contribution is 2.41. The van der Waals surface area contributed by atoms with Gasteiger partial charge in [-0.25, -0.2) is 0 Å². The van der Waals surface area contributed by atoms with Crippen molar-refractivity contribution < 1.29 is 25.5 Å². The third kappa shape index (κ3) is 3.96. The fourth-order valence-electron chi connectivity index (χ4n) is 4.21. The smallest absolute Gasteiger partial charge is 0.165 e. The van der Waals surface area contributed by atoms with Crippen LogP contribution in [0.25, 0.3) is 21.5 Å². The van der Waals surface area contributed by atoms with E-state index in [1.165, 1.54) is 0 Å². The van der Waals surface area contributed by atoms with Gasteiger partial charge in [0.25, 0.3) is 0 Å². The molecule has 5 heteroatoms. The van der Waals surface area contributed by atoms with Crippen LogP contribution in [0.3, 0.4) is 0 Å². The lowest BCUT2D eigenvalue weighted by atomic mass is 9.95. The normalized spacial score (nSPS) is 11.3. The van der Waals surface area contributed by atoms with Crippen LogP contribution in [-0.4, -0.2) is 25.5 Å². The van der Waals surface area contributed by atoms with Crippen LogP contribution in [0.2, 0.25) is 0 Å². The molecule has 5 N–H and O–H groups in total.